The minimum absolute atomic E-state index is 0.906. The molecule has 0 amide bonds. The van der Waals surface area contributed by atoms with Crippen molar-refractivity contribution in [2.24, 2.45) is 0 Å². The first-order valence-electron chi connectivity index (χ1n) is 5.44. The molecule has 2 aromatic rings. The Balaban J connectivity index is 2.36. The molecule has 0 bridgehead atoms. The lowest BCUT2D eigenvalue weighted by Gasteiger charge is -1.89. The third-order valence-corrected chi connectivity index (χ3v) is 6.60. The SMILES string of the molecule is C=CCc1cc(-c2cc(CC=C)c(Br)s2)sc1Br. The Morgan fingerprint density at radius 2 is 1.28 bits per heavy atom. The van der Waals surface area contributed by atoms with Gasteiger partial charge in [-0.25, -0.2) is 0 Å². The van der Waals surface area contributed by atoms with Crippen molar-refractivity contribution in [2.45, 2.75) is 12.8 Å². The topological polar surface area (TPSA) is 0 Å². The van der Waals surface area contributed by atoms with Crippen LogP contribution in [0.2, 0.25) is 0 Å². The van der Waals surface area contributed by atoms with E-state index in [1.54, 1.807) is 22.7 Å². The molecule has 0 radical (unpaired) electrons. The van der Waals surface area contributed by atoms with Crippen LogP contribution >= 0.6 is 54.5 Å². The summed E-state index contributed by atoms with van der Waals surface area (Å²) in [5.74, 6) is 0. The molecule has 18 heavy (non-hydrogen) atoms. The summed E-state index contributed by atoms with van der Waals surface area (Å²) in [7, 11) is 0. The number of allylic oxidation sites excluding steroid dienone is 2. The molecule has 0 saturated carbocycles. The van der Waals surface area contributed by atoms with Gasteiger partial charge in [-0.15, -0.1) is 35.8 Å². The highest BCUT2D eigenvalue weighted by Gasteiger charge is 2.12. The first-order chi connectivity index (χ1) is 8.65. The van der Waals surface area contributed by atoms with E-state index in [-0.39, 0.29) is 0 Å². The smallest absolute Gasteiger partial charge is 0.0740 e. The number of thiophene rings is 2. The van der Waals surface area contributed by atoms with Gasteiger partial charge in [-0.1, -0.05) is 12.2 Å². The van der Waals surface area contributed by atoms with Crippen molar-refractivity contribution < 1.29 is 0 Å². The second-order valence-electron chi connectivity index (χ2n) is 3.80. The third kappa shape index (κ3) is 3.05. The Kier molecular flexibility index (Phi) is 5.01. The van der Waals surface area contributed by atoms with Crippen LogP contribution in [0.3, 0.4) is 0 Å². The largest absolute Gasteiger partial charge is 0.127 e. The highest BCUT2D eigenvalue weighted by atomic mass is 79.9. The van der Waals surface area contributed by atoms with E-state index in [1.165, 1.54) is 28.5 Å². The molecule has 0 nitrogen and oxygen atoms in total. The summed E-state index contributed by atoms with van der Waals surface area (Å²) >= 11 is 10.8. The van der Waals surface area contributed by atoms with Crippen LogP contribution in [0, 0.1) is 0 Å². The summed E-state index contributed by atoms with van der Waals surface area (Å²) < 4.78 is 2.40. The van der Waals surface area contributed by atoms with Crippen LogP contribution in [-0.4, -0.2) is 0 Å². The normalized spacial score (nSPS) is 10.6. The van der Waals surface area contributed by atoms with E-state index in [0.29, 0.717) is 0 Å². The number of hydrogen-bond acceptors (Lipinski definition) is 2. The molecule has 0 aliphatic rings. The zero-order valence-electron chi connectivity index (χ0n) is 9.71. The minimum Gasteiger partial charge on any atom is -0.127 e. The van der Waals surface area contributed by atoms with Crippen molar-refractivity contribution in [1.29, 1.82) is 0 Å². The van der Waals surface area contributed by atoms with Crippen molar-refractivity contribution in [3.8, 4) is 9.75 Å². The predicted molar refractivity (Wildman–Crippen MR) is 90.8 cm³/mol. The minimum atomic E-state index is 0.906. The quantitative estimate of drug-likeness (QED) is 0.502. The lowest BCUT2D eigenvalue weighted by atomic mass is 10.2. The fraction of sp³-hybridized carbons (Fsp3) is 0.143. The Morgan fingerprint density at radius 1 is 0.889 bits per heavy atom. The summed E-state index contributed by atoms with van der Waals surface area (Å²) in [6.07, 6.45) is 5.68. The van der Waals surface area contributed by atoms with Gasteiger partial charge in [0.1, 0.15) is 0 Å². The standard InChI is InChI=1S/C14H12Br2S2/c1-3-5-9-7-11(17-13(9)15)12-8-10(6-4-2)14(16)18-12/h3-4,7-8H,1-2,5-6H2. The third-order valence-electron chi connectivity index (χ3n) is 2.49. The fourth-order valence-corrected chi connectivity index (χ4v) is 5.15. The molecule has 0 aliphatic carbocycles. The van der Waals surface area contributed by atoms with Crippen molar-refractivity contribution in [2.75, 3.05) is 0 Å². The van der Waals surface area contributed by atoms with Crippen molar-refractivity contribution in [1.82, 2.24) is 0 Å². The van der Waals surface area contributed by atoms with Gasteiger partial charge in [0.15, 0.2) is 0 Å². The van der Waals surface area contributed by atoms with Crippen LogP contribution in [0.4, 0.5) is 0 Å². The van der Waals surface area contributed by atoms with Crippen molar-refractivity contribution >= 4 is 54.5 Å². The van der Waals surface area contributed by atoms with Crippen LogP contribution in [-0.2, 0) is 12.8 Å². The number of halogens is 2. The van der Waals surface area contributed by atoms with Gasteiger partial charge in [-0.3, -0.25) is 0 Å². The molecule has 2 rings (SSSR count). The summed E-state index contributed by atoms with van der Waals surface area (Å²) in [5, 5.41) is 0. The van der Waals surface area contributed by atoms with E-state index in [2.05, 4.69) is 57.2 Å². The Bertz CT molecular complexity index is 526. The molecule has 0 spiro atoms. The van der Waals surface area contributed by atoms with Crippen LogP contribution < -0.4 is 0 Å². The Labute approximate surface area is 132 Å². The fourth-order valence-electron chi connectivity index (χ4n) is 1.65. The molecule has 2 heterocycles. The van der Waals surface area contributed by atoms with Gasteiger partial charge in [-0.05, 0) is 68.0 Å². The molecule has 2 aromatic heterocycles. The van der Waals surface area contributed by atoms with E-state index in [1.807, 2.05) is 12.2 Å². The lowest BCUT2D eigenvalue weighted by Crippen LogP contribution is -1.75. The molecule has 0 saturated heterocycles. The number of rotatable bonds is 5. The van der Waals surface area contributed by atoms with E-state index in [0.717, 1.165) is 12.8 Å². The molecule has 0 aromatic carbocycles. The lowest BCUT2D eigenvalue weighted by molar-refractivity contribution is 1.29. The van der Waals surface area contributed by atoms with Crippen LogP contribution in [0.1, 0.15) is 11.1 Å². The zero-order chi connectivity index (χ0) is 13.1. The summed E-state index contributed by atoms with van der Waals surface area (Å²) in [5.41, 5.74) is 2.61. The molecule has 94 valence electrons. The summed E-state index contributed by atoms with van der Waals surface area (Å²) in [6, 6.07) is 4.48. The molecule has 0 atom stereocenters. The zero-order valence-corrected chi connectivity index (χ0v) is 14.5. The summed E-state index contributed by atoms with van der Waals surface area (Å²) in [6.45, 7) is 7.58. The Morgan fingerprint density at radius 3 is 1.61 bits per heavy atom. The van der Waals surface area contributed by atoms with E-state index in [9.17, 15) is 0 Å². The monoisotopic (exact) mass is 402 g/mol. The van der Waals surface area contributed by atoms with Gasteiger partial charge in [0.25, 0.3) is 0 Å². The van der Waals surface area contributed by atoms with Crippen molar-refractivity contribution in [3.05, 3.63) is 56.1 Å². The molecule has 0 unspecified atom stereocenters. The van der Waals surface area contributed by atoms with E-state index < -0.39 is 0 Å². The number of hydrogen-bond donors (Lipinski definition) is 0. The first-order valence-corrected chi connectivity index (χ1v) is 8.66. The second kappa shape index (κ2) is 6.33. The van der Waals surface area contributed by atoms with E-state index in [4.69, 9.17) is 0 Å². The highest BCUT2D eigenvalue weighted by molar-refractivity contribution is 9.11. The van der Waals surface area contributed by atoms with Gasteiger partial charge in [0.05, 0.1) is 7.57 Å². The van der Waals surface area contributed by atoms with Crippen molar-refractivity contribution in [3.63, 3.8) is 0 Å². The summed E-state index contributed by atoms with van der Waals surface area (Å²) in [4.78, 5) is 2.61. The maximum Gasteiger partial charge on any atom is 0.0740 e. The van der Waals surface area contributed by atoms with Gasteiger partial charge in [0, 0.05) is 9.75 Å². The van der Waals surface area contributed by atoms with Crippen LogP contribution in [0.15, 0.2) is 45.0 Å². The molecular formula is C14H12Br2S2. The molecule has 0 N–H and O–H groups in total. The van der Waals surface area contributed by atoms with Gasteiger partial charge in [-0.2, -0.15) is 0 Å². The van der Waals surface area contributed by atoms with Gasteiger partial charge >= 0.3 is 0 Å². The average molecular weight is 404 g/mol. The first kappa shape index (κ1) is 14.3. The molecular weight excluding hydrogens is 392 g/mol. The van der Waals surface area contributed by atoms with E-state index >= 15 is 0 Å². The van der Waals surface area contributed by atoms with Crippen LogP contribution in [0.25, 0.3) is 9.75 Å². The van der Waals surface area contributed by atoms with Gasteiger partial charge in [0.2, 0.25) is 0 Å². The Hall–Kier alpha value is -0.160. The molecule has 4 heteroatoms. The predicted octanol–water partition coefficient (Wildman–Crippen LogP) is 6.46. The highest BCUT2D eigenvalue weighted by Crippen LogP contribution is 2.41. The second-order valence-corrected chi connectivity index (χ2v) is 8.54. The average Bonchev–Trinajstić information content (AvgIpc) is 2.86. The maximum atomic E-state index is 3.79. The van der Waals surface area contributed by atoms with Crippen LogP contribution in [0.5, 0.6) is 0 Å². The molecule has 0 aliphatic heterocycles. The molecule has 0 fully saturated rings. The van der Waals surface area contributed by atoms with Gasteiger partial charge < -0.3 is 0 Å². The maximum absolute atomic E-state index is 3.79.